The van der Waals surface area contributed by atoms with Crippen molar-refractivity contribution in [3.63, 3.8) is 0 Å². The van der Waals surface area contributed by atoms with Gasteiger partial charge < -0.3 is 10.0 Å². The molecule has 1 heterocycles. The Hall–Kier alpha value is -4.38. The summed E-state index contributed by atoms with van der Waals surface area (Å²) in [7, 11) is 0. The highest BCUT2D eigenvalue weighted by Gasteiger charge is 2.40. The first-order valence-electron chi connectivity index (χ1n) is 11.2. The van der Waals surface area contributed by atoms with Crippen molar-refractivity contribution in [1.29, 1.82) is 0 Å². The van der Waals surface area contributed by atoms with Gasteiger partial charge in [-0.25, -0.2) is 4.79 Å². The van der Waals surface area contributed by atoms with E-state index in [1.807, 2.05) is 91.9 Å². The van der Waals surface area contributed by atoms with Crippen LogP contribution in [0.15, 0.2) is 103 Å². The van der Waals surface area contributed by atoms with Crippen LogP contribution < -0.4 is 9.80 Å². The Bertz CT molecular complexity index is 1350. The van der Waals surface area contributed by atoms with Crippen molar-refractivity contribution in [2.24, 2.45) is 0 Å². The van der Waals surface area contributed by atoms with Crippen LogP contribution >= 0.6 is 0 Å². The molecule has 4 aromatic carbocycles. The zero-order valence-electron chi connectivity index (χ0n) is 18.8. The van der Waals surface area contributed by atoms with Gasteiger partial charge in [-0.1, -0.05) is 78.4 Å². The molecule has 1 N–H and O–H groups in total. The van der Waals surface area contributed by atoms with Gasteiger partial charge >= 0.3 is 5.97 Å². The number of carboxylic acid groups (broad SMARTS) is 1. The molecular weight excluding hydrogens is 424 g/mol. The quantitative estimate of drug-likeness (QED) is 0.403. The molecule has 168 valence electrons. The molecule has 1 aliphatic heterocycles. The van der Waals surface area contributed by atoms with Crippen LogP contribution in [0.3, 0.4) is 0 Å². The Labute approximate surface area is 198 Å². The number of aryl methyl sites for hydroxylation is 1. The molecule has 1 aliphatic rings. The maximum absolute atomic E-state index is 13.9. The Kier molecular flexibility index (Phi) is 5.60. The van der Waals surface area contributed by atoms with Crippen molar-refractivity contribution >= 4 is 23.3 Å². The van der Waals surface area contributed by atoms with Gasteiger partial charge in [0.2, 0.25) is 0 Å². The third-order valence-electron chi connectivity index (χ3n) is 6.18. The van der Waals surface area contributed by atoms with E-state index >= 15 is 0 Å². The summed E-state index contributed by atoms with van der Waals surface area (Å²) in [4.78, 5) is 30.0. The van der Waals surface area contributed by atoms with Crippen LogP contribution in [0.5, 0.6) is 0 Å². The maximum Gasteiger partial charge on any atom is 0.336 e. The Morgan fingerprint density at radius 1 is 0.824 bits per heavy atom. The molecule has 1 atom stereocenters. The number of rotatable bonds is 5. The fraction of sp³-hybridized carbons (Fsp3) is 0.103. The summed E-state index contributed by atoms with van der Waals surface area (Å²) in [5, 5.41) is 10.0. The maximum atomic E-state index is 13.9. The van der Waals surface area contributed by atoms with Crippen molar-refractivity contribution in [2.75, 3.05) is 9.80 Å². The van der Waals surface area contributed by atoms with Gasteiger partial charge in [0.05, 0.1) is 16.8 Å². The number of carbonyl (C=O) groups is 2. The largest absolute Gasteiger partial charge is 0.478 e. The van der Waals surface area contributed by atoms with Gasteiger partial charge in [-0.05, 0) is 42.8 Å². The van der Waals surface area contributed by atoms with Crippen LogP contribution in [0.25, 0.3) is 0 Å². The van der Waals surface area contributed by atoms with E-state index in [-0.39, 0.29) is 11.5 Å². The van der Waals surface area contributed by atoms with Crippen molar-refractivity contribution in [3.05, 3.63) is 131 Å². The zero-order valence-corrected chi connectivity index (χ0v) is 18.8. The molecule has 0 bridgehead atoms. The second kappa shape index (κ2) is 8.87. The normalized spacial score (nSPS) is 15.2. The van der Waals surface area contributed by atoms with E-state index in [1.54, 1.807) is 23.1 Å². The van der Waals surface area contributed by atoms with E-state index < -0.39 is 12.1 Å². The van der Waals surface area contributed by atoms with Crippen molar-refractivity contribution < 1.29 is 14.7 Å². The first-order chi connectivity index (χ1) is 16.5. The Balaban J connectivity index is 1.77. The number of amides is 1. The number of aromatic carboxylic acids is 1. The highest BCUT2D eigenvalue weighted by molar-refractivity contribution is 6.12. The van der Waals surface area contributed by atoms with Gasteiger partial charge in [0, 0.05) is 17.8 Å². The zero-order chi connectivity index (χ0) is 23.7. The van der Waals surface area contributed by atoms with Gasteiger partial charge in [0.25, 0.3) is 5.91 Å². The predicted molar refractivity (Wildman–Crippen MR) is 133 cm³/mol. The number of carbonyl (C=O) groups excluding carboxylic acids is 1. The number of anilines is 2. The highest BCUT2D eigenvalue weighted by atomic mass is 16.4. The van der Waals surface area contributed by atoms with Crippen LogP contribution in [-0.4, -0.2) is 17.0 Å². The molecule has 0 unspecified atom stereocenters. The summed E-state index contributed by atoms with van der Waals surface area (Å²) in [6, 6.07) is 32.2. The van der Waals surface area contributed by atoms with Gasteiger partial charge in [-0.15, -0.1) is 0 Å². The summed E-state index contributed by atoms with van der Waals surface area (Å²) < 4.78 is 0. The third kappa shape index (κ3) is 3.82. The minimum atomic E-state index is -1.02. The Morgan fingerprint density at radius 3 is 2.21 bits per heavy atom. The molecule has 0 spiro atoms. The molecule has 0 saturated carbocycles. The van der Waals surface area contributed by atoms with Crippen LogP contribution in [0.4, 0.5) is 11.4 Å². The second-order valence-electron chi connectivity index (χ2n) is 8.41. The number of benzene rings is 4. The lowest BCUT2D eigenvalue weighted by Crippen LogP contribution is -2.50. The average Bonchev–Trinajstić information content (AvgIpc) is 2.87. The third-order valence-corrected chi connectivity index (χ3v) is 6.18. The van der Waals surface area contributed by atoms with Crippen molar-refractivity contribution in [1.82, 2.24) is 0 Å². The fourth-order valence-corrected chi connectivity index (χ4v) is 4.56. The van der Waals surface area contributed by atoms with Crippen molar-refractivity contribution in [2.45, 2.75) is 19.6 Å². The first kappa shape index (κ1) is 21.5. The number of hydrogen-bond donors (Lipinski definition) is 1. The minimum Gasteiger partial charge on any atom is -0.478 e. The minimum absolute atomic E-state index is 0.158. The van der Waals surface area contributed by atoms with E-state index in [4.69, 9.17) is 0 Å². The van der Waals surface area contributed by atoms with Gasteiger partial charge in [0.15, 0.2) is 0 Å². The molecule has 0 aliphatic carbocycles. The topological polar surface area (TPSA) is 60.9 Å². The summed E-state index contributed by atoms with van der Waals surface area (Å²) in [5.41, 5.74) is 4.97. The van der Waals surface area contributed by atoms with Crippen LogP contribution in [-0.2, 0) is 6.54 Å². The molecule has 5 nitrogen and oxygen atoms in total. The molecule has 5 heteroatoms. The molecule has 1 amide bonds. The predicted octanol–water partition coefficient (Wildman–Crippen LogP) is 6.06. The van der Waals surface area contributed by atoms with Crippen LogP contribution in [0, 0.1) is 6.92 Å². The average molecular weight is 449 g/mol. The van der Waals surface area contributed by atoms with Gasteiger partial charge in [0.1, 0.15) is 6.17 Å². The van der Waals surface area contributed by atoms with E-state index in [1.165, 1.54) is 0 Å². The standard InChI is InChI=1S/C29H24N2O3/c1-20-15-17-22(18-16-20)31-27(23-11-5-6-12-24(23)29(33)34)30(19-21-9-3-2-4-10-21)26-14-8-7-13-25(26)28(31)32/h2-18,27H,19H2,1H3,(H,33,34)/t27-/m0/s1. The molecule has 0 fully saturated rings. The summed E-state index contributed by atoms with van der Waals surface area (Å²) >= 11 is 0. The van der Waals surface area contributed by atoms with E-state index in [2.05, 4.69) is 4.90 Å². The fourth-order valence-electron chi connectivity index (χ4n) is 4.56. The van der Waals surface area contributed by atoms with Gasteiger partial charge in [-0.3, -0.25) is 9.69 Å². The number of hydrogen-bond acceptors (Lipinski definition) is 3. The molecule has 0 radical (unpaired) electrons. The lowest BCUT2D eigenvalue weighted by Gasteiger charge is -2.46. The highest BCUT2D eigenvalue weighted by Crippen LogP contribution is 2.43. The van der Waals surface area contributed by atoms with E-state index in [0.29, 0.717) is 23.4 Å². The SMILES string of the molecule is Cc1ccc(N2C(=O)c3ccccc3N(Cc3ccccc3)[C@@H]2c2ccccc2C(=O)O)cc1. The monoisotopic (exact) mass is 448 g/mol. The summed E-state index contributed by atoms with van der Waals surface area (Å²) in [5.74, 6) is -1.18. The first-order valence-corrected chi connectivity index (χ1v) is 11.2. The lowest BCUT2D eigenvalue weighted by atomic mass is 9.96. The second-order valence-corrected chi connectivity index (χ2v) is 8.41. The molecule has 4 aromatic rings. The van der Waals surface area contributed by atoms with Crippen LogP contribution in [0.1, 0.15) is 43.6 Å². The number of fused-ring (bicyclic) bond motifs is 1. The van der Waals surface area contributed by atoms with Gasteiger partial charge in [-0.2, -0.15) is 0 Å². The van der Waals surface area contributed by atoms with Crippen LogP contribution in [0.2, 0.25) is 0 Å². The van der Waals surface area contributed by atoms with Crippen molar-refractivity contribution in [3.8, 4) is 0 Å². The molecular formula is C29H24N2O3. The Morgan fingerprint density at radius 2 is 1.47 bits per heavy atom. The number of nitrogens with zero attached hydrogens (tertiary/aromatic N) is 2. The number of carboxylic acids is 1. The molecule has 0 saturated heterocycles. The van der Waals surface area contributed by atoms with E-state index in [9.17, 15) is 14.7 Å². The number of para-hydroxylation sites is 1. The molecule has 34 heavy (non-hydrogen) atoms. The summed E-state index contributed by atoms with van der Waals surface area (Å²) in [6.07, 6.45) is -0.641. The smallest absolute Gasteiger partial charge is 0.336 e. The summed E-state index contributed by atoms with van der Waals surface area (Å²) in [6.45, 7) is 2.50. The molecule has 5 rings (SSSR count). The molecule has 0 aromatic heterocycles. The van der Waals surface area contributed by atoms with E-state index in [0.717, 1.165) is 16.8 Å². The lowest BCUT2D eigenvalue weighted by molar-refractivity contribution is 0.0693.